The molecule has 0 saturated carbocycles. The van der Waals surface area contributed by atoms with E-state index in [4.69, 9.17) is 23.7 Å². The number of methoxy groups -OCH3 is 3. The van der Waals surface area contributed by atoms with Crippen LogP contribution in [0.5, 0.6) is 23.0 Å². The summed E-state index contributed by atoms with van der Waals surface area (Å²) in [5.41, 5.74) is 3.90. The third kappa shape index (κ3) is 6.36. The number of ether oxygens (including phenoxy) is 5. The van der Waals surface area contributed by atoms with Crippen molar-refractivity contribution in [3.05, 3.63) is 95.3 Å². The summed E-state index contributed by atoms with van der Waals surface area (Å²) in [5.74, 6) is 2.14. The van der Waals surface area contributed by atoms with E-state index < -0.39 is 0 Å². The molecule has 0 spiro atoms. The Morgan fingerprint density at radius 3 is 2.23 bits per heavy atom. The zero-order chi connectivity index (χ0) is 27.9. The number of rotatable bonds is 12. The highest BCUT2D eigenvalue weighted by Crippen LogP contribution is 2.35. The summed E-state index contributed by atoms with van der Waals surface area (Å²) >= 11 is 0. The molecule has 3 aromatic carbocycles. The van der Waals surface area contributed by atoms with Gasteiger partial charge in [-0.05, 0) is 53.8 Å². The predicted molar refractivity (Wildman–Crippen MR) is 148 cm³/mol. The van der Waals surface area contributed by atoms with Crippen molar-refractivity contribution in [3.63, 3.8) is 0 Å². The minimum absolute atomic E-state index is 0.0472. The SMILES string of the molecule is COc1ccc(C[C@H]2COC(=O)[C@@H]2Cc2ccc(OCc3cn(Cc4ccccc4)nn3)c(OC)c2)cc1OC. The van der Waals surface area contributed by atoms with Gasteiger partial charge in [-0.25, -0.2) is 4.68 Å². The van der Waals surface area contributed by atoms with Gasteiger partial charge in [0.1, 0.15) is 12.3 Å². The van der Waals surface area contributed by atoms with Crippen LogP contribution in [0.4, 0.5) is 0 Å². The lowest BCUT2D eigenvalue weighted by atomic mass is 9.85. The number of aromatic nitrogens is 3. The molecule has 9 nitrogen and oxygen atoms in total. The van der Waals surface area contributed by atoms with E-state index in [9.17, 15) is 4.79 Å². The van der Waals surface area contributed by atoms with Crippen molar-refractivity contribution >= 4 is 5.97 Å². The van der Waals surface area contributed by atoms with Crippen LogP contribution in [-0.4, -0.2) is 48.9 Å². The van der Waals surface area contributed by atoms with E-state index in [0.717, 1.165) is 16.7 Å². The zero-order valence-corrected chi connectivity index (χ0v) is 22.9. The Morgan fingerprint density at radius 2 is 1.50 bits per heavy atom. The van der Waals surface area contributed by atoms with Gasteiger partial charge in [0.2, 0.25) is 0 Å². The van der Waals surface area contributed by atoms with Gasteiger partial charge in [0.15, 0.2) is 23.0 Å². The molecule has 0 radical (unpaired) electrons. The van der Waals surface area contributed by atoms with Crippen molar-refractivity contribution in [2.24, 2.45) is 11.8 Å². The molecule has 2 heterocycles. The highest BCUT2D eigenvalue weighted by Gasteiger charge is 2.37. The lowest BCUT2D eigenvalue weighted by Gasteiger charge is -2.17. The molecule has 0 amide bonds. The fraction of sp³-hybridized carbons (Fsp3) is 0.323. The first-order valence-electron chi connectivity index (χ1n) is 13.2. The molecule has 4 aromatic rings. The van der Waals surface area contributed by atoms with Crippen LogP contribution in [0.1, 0.15) is 22.4 Å². The third-order valence-electron chi connectivity index (χ3n) is 7.09. The maximum absolute atomic E-state index is 12.7. The maximum Gasteiger partial charge on any atom is 0.309 e. The van der Waals surface area contributed by atoms with E-state index in [-0.39, 0.29) is 24.4 Å². The van der Waals surface area contributed by atoms with Crippen LogP contribution >= 0.6 is 0 Å². The van der Waals surface area contributed by atoms with Crippen LogP contribution in [0.15, 0.2) is 72.9 Å². The largest absolute Gasteiger partial charge is 0.493 e. The first-order valence-corrected chi connectivity index (χ1v) is 13.2. The Hall–Kier alpha value is -4.53. The highest BCUT2D eigenvalue weighted by molar-refractivity contribution is 5.75. The van der Waals surface area contributed by atoms with Crippen LogP contribution < -0.4 is 18.9 Å². The third-order valence-corrected chi connectivity index (χ3v) is 7.09. The van der Waals surface area contributed by atoms with Gasteiger partial charge in [0.25, 0.3) is 0 Å². The van der Waals surface area contributed by atoms with Gasteiger partial charge >= 0.3 is 5.97 Å². The van der Waals surface area contributed by atoms with Crippen molar-refractivity contribution in [3.8, 4) is 23.0 Å². The second-order valence-corrected chi connectivity index (χ2v) is 9.76. The molecule has 0 N–H and O–H groups in total. The second kappa shape index (κ2) is 12.5. The quantitative estimate of drug-likeness (QED) is 0.241. The molecule has 1 saturated heterocycles. The number of cyclic esters (lactones) is 1. The van der Waals surface area contributed by atoms with Crippen LogP contribution in [0.3, 0.4) is 0 Å². The minimum atomic E-state index is -0.260. The molecule has 1 aliphatic rings. The first-order chi connectivity index (χ1) is 19.6. The molecule has 1 fully saturated rings. The average Bonchev–Trinajstić information content (AvgIpc) is 3.58. The summed E-state index contributed by atoms with van der Waals surface area (Å²) in [6, 6.07) is 21.7. The van der Waals surface area contributed by atoms with Crippen LogP contribution in [0.25, 0.3) is 0 Å². The van der Waals surface area contributed by atoms with Gasteiger partial charge in [0.05, 0.1) is 46.6 Å². The average molecular weight is 544 g/mol. The Labute approximate surface area is 233 Å². The van der Waals surface area contributed by atoms with Crippen LogP contribution in [-0.2, 0) is 35.5 Å². The molecule has 5 rings (SSSR count). The summed E-state index contributed by atoms with van der Waals surface area (Å²) in [6.45, 7) is 1.29. The molecule has 9 heteroatoms. The topological polar surface area (TPSA) is 93.9 Å². The van der Waals surface area contributed by atoms with Crippen molar-refractivity contribution in [1.82, 2.24) is 15.0 Å². The van der Waals surface area contributed by atoms with Gasteiger partial charge in [-0.2, -0.15) is 0 Å². The smallest absolute Gasteiger partial charge is 0.309 e. The monoisotopic (exact) mass is 543 g/mol. The van der Waals surface area contributed by atoms with Crippen LogP contribution in [0, 0.1) is 11.8 Å². The van der Waals surface area contributed by atoms with E-state index in [1.165, 1.54) is 0 Å². The van der Waals surface area contributed by atoms with Crippen molar-refractivity contribution < 1.29 is 28.5 Å². The maximum atomic E-state index is 12.7. The van der Waals surface area contributed by atoms with Crippen molar-refractivity contribution in [2.75, 3.05) is 27.9 Å². The Kier molecular flexibility index (Phi) is 8.49. The van der Waals surface area contributed by atoms with Gasteiger partial charge in [0, 0.05) is 5.92 Å². The molecule has 1 aromatic heterocycles. The standard InChI is InChI=1S/C31H33N3O6/c1-36-27-11-9-22(15-29(27)37-2)13-24-19-40-31(35)26(24)14-23-10-12-28(30(16-23)38-3)39-20-25-18-34(33-32-25)17-21-7-5-4-6-8-21/h4-12,15-16,18,24,26H,13-14,17,19-20H2,1-3H3/t24-,26+/m0/s1. The Bertz CT molecular complexity index is 1440. The zero-order valence-electron chi connectivity index (χ0n) is 22.9. The van der Waals surface area contributed by atoms with E-state index in [0.29, 0.717) is 54.7 Å². The molecule has 2 atom stereocenters. The summed E-state index contributed by atoms with van der Waals surface area (Å²) in [6.07, 6.45) is 3.11. The highest BCUT2D eigenvalue weighted by atomic mass is 16.5. The Morgan fingerprint density at radius 1 is 0.825 bits per heavy atom. The van der Waals surface area contributed by atoms with E-state index in [1.807, 2.05) is 72.9 Å². The van der Waals surface area contributed by atoms with E-state index in [2.05, 4.69) is 10.3 Å². The molecule has 208 valence electrons. The number of carbonyl (C=O) groups is 1. The molecule has 0 aliphatic carbocycles. The molecule has 40 heavy (non-hydrogen) atoms. The van der Waals surface area contributed by atoms with Gasteiger partial charge < -0.3 is 23.7 Å². The molecular formula is C31H33N3O6. The normalized spacial score (nSPS) is 16.4. The lowest BCUT2D eigenvalue weighted by Crippen LogP contribution is -2.20. The van der Waals surface area contributed by atoms with Crippen molar-refractivity contribution in [2.45, 2.75) is 26.0 Å². The number of esters is 1. The second-order valence-electron chi connectivity index (χ2n) is 9.76. The van der Waals surface area contributed by atoms with Crippen LogP contribution in [0.2, 0.25) is 0 Å². The summed E-state index contributed by atoms with van der Waals surface area (Å²) in [5, 5.41) is 8.42. The molecule has 1 aliphatic heterocycles. The van der Waals surface area contributed by atoms with Gasteiger partial charge in [-0.15, -0.1) is 5.10 Å². The number of nitrogens with zero attached hydrogens (tertiary/aromatic N) is 3. The number of hydrogen-bond donors (Lipinski definition) is 0. The fourth-order valence-electron chi connectivity index (χ4n) is 4.98. The fourth-order valence-corrected chi connectivity index (χ4v) is 4.98. The Balaban J connectivity index is 1.22. The number of carbonyl (C=O) groups excluding carboxylic acids is 1. The number of hydrogen-bond acceptors (Lipinski definition) is 8. The number of benzene rings is 3. The van der Waals surface area contributed by atoms with Gasteiger partial charge in [-0.1, -0.05) is 47.7 Å². The first kappa shape index (κ1) is 27.1. The lowest BCUT2D eigenvalue weighted by molar-refractivity contribution is -0.141. The summed E-state index contributed by atoms with van der Waals surface area (Å²) in [7, 11) is 4.83. The predicted octanol–water partition coefficient (Wildman–Crippen LogP) is 4.51. The summed E-state index contributed by atoms with van der Waals surface area (Å²) in [4.78, 5) is 12.7. The molecule has 0 bridgehead atoms. The van der Waals surface area contributed by atoms with E-state index >= 15 is 0 Å². The van der Waals surface area contributed by atoms with Crippen molar-refractivity contribution in [1.29, 1.82) is 0 Å². The molecule has 0 unspecified atom stereocenters. The summed E-state index contributed by atoms with van der Waals surface area (Å²) < 4.78 is 29.7. The minimum Gasteiger partial charge on any atom is -0.493 e. The van der Waals surface area contributed by atoms with Gasteiger partial charge in [-0.3, -0.25) is 4.79 Å². The van der Waals surface area contributed by atoms with E-state index in [1.54, 1.807) is 26.0 Å². The molecular weight excluding hydrogens is 510 g/mol.